The van der Waals surface area contributed by atoms with Gasteiger partial charge in [-0.3, -0.25) is 0 Å². The van der Waals surface area contributed by atoms with Gasteiger partial charge in [-0.25, -0.2) is 0 Å². The highest BCUT2D eigenvalue weighted by atomic mass is 35.5. The predicted octanol–water partition coefficient (Wildman–Crippen LogP) is 7.98. The normalized spacial score (nSPS) is 21.6. The third-order valence-corrected chi connectivity index (χ3v) is 7.30. The molecule has 27 heavy (non-hydrogen) atoms. The predicted molar refractivity (Wildman–Crippen MR) is 115 cm³/mol. The molecule has 6 rings (SSSR count). The zero-order valence-electron chi connectivity index (χ0n) is 15.0. The first-order valence-electron chi connectivity index (χ1n) is 9.48. The van der Waals surface area contributed by atoms with Crippen LogP contribution < -0.4 is 0 Å². The van der Waals surface area contributed by atoms with Gasteiger partial charge in [0.25, 0.3) is 0 Å². The first-order valence-corrected chi connectivity index (χ1v) is 10.6. The minimum Gasteiger partial charge on any atom is -0.0840 e. The fraction of sp³-hybridized carbons (Fsp3) is 0.250. The second-order valence-corrected chi connectivity index (χ2v) is 8.77. The van der Waals surface area contributed by atoms with Crippen LogP contribution in [0.1, 0.15) is 65.5 Å². The quantitative estimate of drug-likeness (QED) is 0.408. The minimum absolute atomic E-state index is 0.00963. The Hall–Kier alpha value is -1.47. The van der Waals surface area contributed by atoms with E-state index in [2.05, 4.69) is 43.3 Å². The molecule has 3 aliphatic carbocycles. The summed E-state index contributed by atoms with van der Waals surface area (Å²) >= 11 is 20.4. The molecule has 0 radical (unpaired) electrons. The monoisotopic (exact) mass is 412 g/mol. The van der Waals surface area contributed by atoms with E-state index in [4.69, 9.17) is 34.8 Å². The minimum atomic E-state index is -0.245. The summed E-state index contributed by atoms with van der Waals surface area (Å²) < 4.78 is 0. The summed E-state index contributed by atoms with van der Waals surface area (Å²) in [4.78, 5) is 0. The average molecular weight is 414 g/mol. The van der Waals surface area contributed by atoms with Crippen LogP contribution in [0.15, 0.2) is 54.6 Å². The van der Waals surface area contributed by atoms with Crippen molar-refractivity contribution in [3.05, 3.63) is 103 Å². The van der Waals surface area contributed by atoms with Gasteiger partial charge < -0.3 is 0 Å². The van der Waals surface area contributed by atoms with Crippen molar-refractivity contribution in [2.75, 3.05) is 0 Å². The highest BCUT2D eigenvalue weighted by molar-refractivity contribution is 6.34. The summed E-state index contributed by atoms with van der Waals surface area (Å²) in [5, 5.41) is 2.40. The Kier molecular flexibility index (Phi) is 4.09. The summed E-state index contributed by atoms with van der Waals surface area (Å²) in [7, 11) is 0. The largest absolute Gasteiger partial charge is 0.0840 e. The van der Waals surface area contributed by atoms with Crippen molar-refractivity contribution < 1.29 is 0 Å². The van der Waals surface area contributed by atoms with Gasteiger partial charge in [0.2, 0.25) is 0 Å². The van der Waals surface area contributed by atoms with Crippen LogP contribution >= 0.6 is 34.8 Å². The molecular formula is C24H19Cl3. The molecule has 3 aromatic carbocycles. The van der Waals surface area contributed by atoms with Gasteiger partial charge >= 0.3 is 0 Å². The third kappa shape index (κ3) is 2.18. The second kappa shape index (κ2) is 6.27. The number of hydrogen-bond acceptors (Lipinski definition) is 0. The van der Waals surface area contributed by atoms with E-state index in [1.54, 1.807) is 0 Å². The van der Waals surface area contributed by atoms with E-state index in [1.807, 2.05) is 18.2 Å². The summed E-state index contributed by atoms with van der Waals surface area (Å²) in [6, 6.07) is 18.9. The highest BCUT2D eigenvalue weighted by Gasteiger charge is 2.53. The van der Waals surface area contributed by atoms with Gasteiger partial charge in [0, 0.05) is 26.4 Å². The Balaban J connectivity index is 1.99. The van der Waals surface area contributed by atoms with Crippen molar-refractivity contribution in [1.82, 2.24) is 0 Å². The first-order chi connectivity index (χ1) is 13.1. The lowest BCUT2D eigenvalue weighted by atomic mass is 9.51. The number of halogens is 3. The van der Waals surface area contributed by atoms with Crippen LogP contribution in [0.4, 0.5) is 0 Å². The Morgan fingerprint density at radius 1 is 0.704 bits per heavy atom. The molecule has 0 saturated carbocycles. The Morgan fingerprint density at radius 3 is 1.48 bits per heavy atom. The van der Waals surface area contributed by atoms with Crippen LogP contribution in [-0.2, 0) is 5.41 Å². The Labute approximate surface area is 175 Å². The second-order valence-electron chi connectivity index (χ2n) is 7.55. The Morgan fingerprint density at radius 2 is 1.11 bits per heavy atom. The summed E-state index contributed by atoms with van der Waals surface area (Å²) in [6.45, 7) is 2.24. The van der Waals surface area contributed by atoms with Crippen molar-refractivity contribution in [3.8, 4) is 0 Å². The fourth-order valence-corrected chi connectivity index (χ4v) is 6.17. The van der Waals surface area contributed by atoms with E-state index >= 15 is 0 Å². The molecule has 0 unspecified atom stereocenters. The van der Waals surface area contributed by atoms with Gasteiger partial charge in [-0.1, -0.05) is 91.0 Å². The summed E-state index contributed by atoms with van der Waals surface area (Å²) in [6.07, 6.45) is 3.27. The molecule has 0 nitrogen and oxygen atoms in total. The van der Waals surface area contributed by atoms with Crippen LogP contribution in [0.25, 0.3) is 0 Å². The van der Waals surface area contributed by atoms with E-state index in [0.29, 0.717) is 0 Å². The van der Waals surface area contributed by atoms with E-state index < -0.39 is 0 Å². The van der Waals surface area contributed by atoms with Gasteiger partial charge in [-0.15, -0.1) is 0 Å². The molecule has 2 bridgehead atoms. The maximum atomic E-state index is 6.78. The summed E-state index contributed by atoms with van der Waals surface area (Å²) in [5.74, 6) is -0.00963. The molecular weight excluding hydrogens is 395 g/mol. The molecule has 3 aromatic rings. The number of rotatable bonds is 3. The molecule has 0 saturated heterocycles. The molecule has 0 amide bonds. The smallest absolute Gasteiger partial charge is 0.0462 e. The summed E-state index contributed by atoms with van der Waals surface area (Å²) in [5.41, 5.74) is 7.24. The van der Waals surface area contributed by atoms with Crippen molar-refractivity contribution in [3.63, 3.8) is 0 Å². The topological polar surface area (TPSA) is 0 Å². The lowest BCUT2D eigenvalue weighted by Crippen LogP contribution is -2.42. The van der Waals surface area contributed by atoms with Gasteiger partial charge in [0.1, 0.15) is 0 Å². The molecule has 0 aromatic heterocycles. The van der Waals surface area contributed by atoms with E-state index in [9.17, 15) is 0 Å². The van der Waals surface area contributed by atoms with Crippen LogP contribution in [0, 0.1) is 0 Å². The lowest BCUT2D eigenvalue weighted by Gasteiger charge is -2.51. The maximum absolute atomic E-state index is 6.78. The fourth-order valence-electron chi connectivity index (χ4n) is 5.32. The number of hydrogen-bond donors (Lipinski definition) is 0. The van der Waals surface area contributed by atoms with Gasteiger partial charge in [0.05, 0.1) is 0 Å². The lowest BCUT2D eigenvalue weighted by molar-refractivity contribution is 0.482. The van der Waals surface area contributed by atoms with Crippen molar-refractivity contribution in [1.29, 1.82) is 0 Å². The van der Waals surface area contributed by atoms with Crippen LogP contribution in [0.2, 0.25) is 15.1 Å². The highest BCUT2D eigenvalue weighted by Crippen LogP contribution is 2.64. The third-order valence-electron chi connectivity index (χ3n) is 6.31. The zero-order chi connectivity index (χ0) is 18.8. The molecule has 0 fully saturated rings. The van der Waals surface area contributed by atoms with Crippen molar-refractivity contribution in [2.45, 2.75) is 37.5 Å². The van der Waals surface area contributed by atoms with Crippen LogP contribution in [-0.4, -0.2) is 0 Å². The van der Waals surface area contributed by atoms with Gasteiger partial charge in [0.15, 0.2) is 0 Å². The number of unbranched alkanes of at least 4 members (excludes halogenated alkanes) is 1. The van der Waals surface area contributed by atoms with Crippen LogP contribution in [0.5, 0.6) is 0 Å². The van der Waals surface area contributed by atoms with Crippen LogP contribution in [0.3, 0.4) is 0 Å². The molecule has 3 aliphatic rings. The maximum Gasteiger partial charge on any atom is 0.0462 e. The Bertz CT molecular complexity index is 937. The number of benzene rings is 3. The SMILES string of the molecule is CCCCC12c3cccc(Cl)c3C(c3c(Cl)cccc31)c1c(Cl)cccc12. The molecule has 0 heterocycles. The van der Waals surface area contributed by atoms with Gasteiger partial charge in [-0.05, 0) is 58.0 Å². The van der Waals surface area contributed by atoms with Gasteiger partial charge in [-0.2, -0.15) is 0 Å². The van der Waals surface area contributed by atoms with Crippen molar-refractivity contribution in [2.24, 2.45) is 0 Å². The molecule has 0 atom stereocenters. The standard InChI is InChI=1S/C24H19Cl3/c1-2-3-13-24-14-7-4-10-17(25)20(14)23(21-15(24)8-5-11-18(21)26)22-16(24)9-6-12-19(22)27/h4-12,23H,2-3,13H2,1H3. The molecule has 3 heteroatoms. The van der Waals surface area contributed by atoms with E-state index in [-0.39, 0.29) is 11.3 Å². The average Bonchev–Trinajstić information content (AvgIpc) is 2.67. The molecule has 0 spiro atoms. The molecule has 0 aliphatic heterocycles. The molecule has 0 N–H and O–H groups in total. The first kappa shape index (κ1) is 17.6. The van der Waals surface area contributed by atoms with Crippen molar-refractivity contribution >= 4 is 34.8 Å². The zero-order valence-corrected chi connectivity index (χ0v) is 17.3. The van der Waals surface area contributed by atoms with E-state index in [0.717, 1.165) is 34.3 Å². The molecule has 136 valence electrons. The van der Waals surface area contributed by atoms with E-state index in [1.165, 1.54) is 33.4 Å².